The third-order valence-corrected chi connectivity index (χ3v) is 7.19. The number of aromatic nitrogens is 3. The predicted molar refractivity (Wildman–Crippen MR) is 106 cm³/mol. The first-order chi connectivity index (χ1) is 13.9. The number of nitrogen functional groups attached to an aromatic ring is 1. The van der Waals surface area contributed by atoms with Gasteiger partial charge in [0.25, 0.3) is 0 Å². The number of oxazole rings is 1. The summed E-state index contributed by atoms with van der Waals surface area (Å²) in [6, 6.07) is 5.42. The topological polar surface area (TPSA) is 136 Å². The molecule has 0 unspecified atom stereocenters. The monoisotopic (exact) mass is 412 g/mol. The standard InChI is InChI=1S/C19H20N6O3S/c1-11-2-3-13(29(26,27)25-19-5-12(6-19)23-9-19)4-14(11)15-7-22-18(20)17(24-15)16-8-21-10-28-16/h2-4,7-8,10,12,23,25H,5-6,9H2,1H3,(H2,20,22). The van der Waals surface area contributed by atoms with Gasteiger partial charge in [0.05, 0.1) is 23.0 Å². The summed E-state index contributed by atoms with van der Waals surface area (Å²) in [6.07, 6.45) is 5.97. The Morgan fingerprint density at radius 3 is 2.83 bits per heavy atom. The molecule has 1 aliphatic carbocycles. The highest BCUT2D eigenvalue weighted by molar-refractivity contribution is 7.89. The quantitative estimate of drug-likeness (QED) is 0.573. The van der Waals surface area contributed by atoms with Crippen molar-refractivity contribution in [2.75, 3.05) is 12.3 Å². The normalized spacial score (nSPS) is 23.1. The van der Waals surface area contributed by atoms with Crippen LogP contribution in [0.1, 0.15) is 18.4 Å². The van der Waals surface area contributed by atoms with E-state index in [9.17, 15) is 8.42 Å². The minimum Gasteiger partial charge on any atom is -0.442 e. The van der Waals surface area contributed by atoms with Crippen molar-refractivity contribution in [3.8, 4) is 22.7 Å². The van der Waals surface area contributed by atoms with E-state index in [1.165, 1.54) is 18.8 Å². The molecule has 6 rings (SSSR count). The molecule has 3 aromatic rings. The first-order valence-corrected chi connectivity index (χ1v) is 10.7. The van der Waals surface area contributed by atoms with Gasteiger partial charge >= 0.3 is 0 Å². The Hall–Kier alpha value is -2.82. The lowest BCUT2D eigenvalue weighted by molar-refractivity contribution is 0.279. The van der Waals surface area contributed by atoms with E-state index in [4.69, 9.17) is 10.2 Å². The van der Waals surface area contributed by atoms with Gasteiger partial charge in [-0.2, -0.15) is 0 Å². The van der Waals surface area contributed by atoms with Gasteiger partial charge in [-0.15, -0.1) is 0 Å². The molecule has 2 bridgehead atoms. The Morgan fingerprint density at radius 2 is 2.14 bits per heavy atom. The minimum atomic E-state index is -3.66. The molecule has 0 atom stereocenters. The number of hydrogen-bond acceptors (Lipinski definition) is 8. The summed E-state index contributed by atoms with van der Waals surface area (Å²) >= 11 is 0. The molecular weight excluding hydrogens is 392 g/mol. The SMILES string of the molecule is Cc1ccc(S(=O)(=O)NC23CNC(C2)C3)cc1-c1cnc(N)c(-c2cnco2)n1. The Morgan fingerprint density at radius 1 is 1.31 bits per heavy atom. The number of hydrogen-bond donors (Lipinski definition) is 3. The minimum absolute atomic E-state index is 0.197. The number of fused-ring (bicyclic) bond motifs is 1. The third kappa shape index (κ3) is 3.09. The summed E-state index contributed by atoms with van der Waals surface area (Å²) < 4.78 is 34.2. The fourth-order valence-electron chi connectivity index (χ4n) is 4.06. The maximum absolute atomic E-state index is 13.0. The van der Waals surface area contributed by atoms with E-state index in [-0.39, 0.29) is 16.3 Å². The van der Waals surface area contributed by atoms with Crippen LogP contribution in [0.25, 0.3) is 22.7 Å². The van der Waals surface area contributed by atoms with Gasteiger partial charge in [-0.25, -0.2) is 28.1 Å². The number of anilines is 1. The zero-order valence-corrected chi connectivity index (χ0v) is 16.5. The number of aryl methyl sites for hydroxylation is 1. The largest absolute Gasteiger partial charge is 0.442 e. The maximum atomic E-state index is 13.0. The van der Waals surface area contributed by atoms with E-state index in [0.29, 0.717) is 35.3 Å². The van der Waals surface area contributed by atoms with Crippen LogP contribution in [0, 0.1) is 6.92 Å². The molecule has 1 aromatic carbocycles. The second-order valence-electron chi connectivity index (χ2n) is 7.70. The Bertz CT molecular complexity index is 1180. The van der Waals surface area contributed by atoms with Crippen molar-refractivity contribution in [2.24, 2.45) is 0 Å². The number of benzene rings is 1. The van der Waals surface area contributed by atoms with Crippen molar-refractivity contribution in [1.29, 1.82) is 0 Å². The molecule has 9 nitrogen and oxygen atoms in total. The van der Waals surface area contributed by atoms with Crippen molar-refractivity contribution < 1.29 is 12.8 Å². The van der Waals surface area contributed by atoms with Gasteiger partial charge in [0.15, 0.2) is 23.7 Å². The van der Waals surface area contributed by atoms with Crippen molar-refractivity contribution in [2.45, 2.75) is 36.2 Å². The van der Waals surface area contributed by atoms with Crippen molar-refractivity contribution in [3.05, 3.63) is 42.5 Å². The molecule has 10 heteroatoms. The van der Waals surface area contributed by atoms with Gasteiger partial charge in [-0.3, -0.25) is 0 Å². The molecule has 2 aliphatic heterocycles. The van der Waals surface area contributed by atoms with Crippen LogP contribution in [-0.4, -0.2) is 41.5 Å². The number of nitrogens with one attached hydrogen (secondary N) is 2. The van der Waals surface area contributed by atoms with Gasteiger partial charge in [0, 0.05) is 23.7 Å². The van der Waals surface area contributed by atoms with Crippen molar-refractivity contribution in [3.63, 3.8) is 0 Å². The zero-order chi connectivity index (χ0) is 20.2. The highest BCUT2D eigenvalue weighted by atomic mass is 32.2. The lowest BCUT2D eigenvalue weighted by atomic mass is 9.79. The smallest absolute Gasteiger partial charge is 0.241 e. The molecule has 4 heterocycles. The second kappa shape index (κ2) is 6.34. The molecule has 3 aliphatic rings. The van der Waals surface area contributed by atoms with Crippen LogP contribution in [0.3, 0.4) is 0 Å². The van der Waals surface area contributed by atoms with Gasteiger partial charge in [-0.1, -0.05) is 6.07 Å². The third-order valence-electron chi connectivity index (χ3n) is 5.62. The molecule has 3 fully saturated rings. The van der Waals surface area contributed by atoms with Gasteiger partial charge in [0.2, 0.25) is 10.0 Å². The summed E-state index contributed by atoms with van der Waals surface area (Å²) in [4.78, 5) is 12.8. The van der Waals surface area contributed by atoms with Crippen LogP contribution in [0.5, 0.6) is 0 Å². The molecule has 0 radical (unpaired) electrons. The molecule has 0 amide bonds. The molecular formula is C19H20N6O3S. The molecule has 1 saturated carbocycles. The fourth-order valence-corrected chi connectivity index (χ4v) is 5.51. The van der Waals surface area contributed by atoms with E-state index in [1.807, 2.05) is 6.92 Å². The van der Waals surface area contributed by atoms with Crippen LogP contribution in [0.15, 0.2) is 46.3 Å². The van der Waals surface area contributed by atoms with E-state index < -0.39 is 10.0 Å². The second-order valence-corrected chi connectivity index (χ2v) is 9.39. The number of rotatable bonds is 5. The maximum Gasteiger partial charge on any atom is 0.241 e. The zero-order valence-electron chi connectivity index (χ0n) is 15.7. The Balaban J connectivity index is 1.53. The van der Waals surface area contributed by atoms with Gasteiger partial charge in [-0.05, 0) is 37.5 Å². The molecule has 4 N–H and O–H groups in total. The highest BCUT2D eigenvalue weighted by Crippen LogP contribution is 2.39. The lowest BCUT2D eigenvalue weighted by Gasteiger charge is -2.37. The molecule has 150 valence electrons. The average molecular weight is 412 g/mol. The summed E-state index contributed by atoms with van der Waals surface area (Å²) in [5.41, 5.74) is 7.97. The van der Waals surface area contributed by atoms with Crippen molar-refractivity contribution >= 4 is 15.8 Å². The van der Waals surface area contributed by atoms with Crippen molar-refractivity contribution in [1.82, 2.24) is 25.0 Å². The first kappa shape index (κ1) is 18.2. The van der Waals surface area contributed by atoms with Crippen LogP contribution in [-0.2, 0) is 10.0 Å². The van der Waals surface area contributed by atoms with E-state index >= 15 is 0 Å². The summed E-state index contributed by atoms with van der Waals surface area (Å²) in [5.74, 6) is 0.605. The fraction of sp³-hybridized carbons (Fsp3) is 0.316. The molecule has 2 saturated heterocycles. The summed E-state index contributed by atoms with van der Waals surface area (Å²) in [6.45, 7) is 2.56. The molecule has 2 aromatic heterocycles. The van der Waals surface area contributed by atoms with Crippen LogP contribution < -0.4 is 15.8 Å². The predicted octanol–water partition coefficient (Wildman–Crippen LogP) is 1.47. The van der Waals surface area contributed by atoms with E-state index in [0.717, 1.165) is 18.4 Å². The van der Waals surface area contributed by atoms with E-state index in [1.54, 1.807) is 18.2 Å². The van der Waals surface area contributed by atoms with Crippen LogP contribution >= 0.6 is 0 Å². The van der Waals surface area contributed by atoms with Crippen LogP contribution in [0.2, 0.25) is 0 Å². The molecule has 29 heavy (non-hydrogen) atoms. The number of sulfonamides is 1. The molecule has 0 spiro atoms. The summed E-state index contributed by atoms with van der Waals surface area (Å²) in [5, 5.41) is 3.31. The Labute approximate surface area is 167 Å². The van der Waals surface area contributed by atoms with Crippen LogP contribution in [0.4, 0.5) is 5.82 Å². The average Bonchev–Trinajstić information content (AvgIpc) is 3.39. The number of nitrogens with two attached hydrogens (primary N) is 1. The highest BCUT2D eigenvalue weighted by Gasteiger charge is 2.52. The lowest BCUT2D eigenvalue weighted by Crippen LogP contribution is -2.54. The Kier molecular flexibility index (Phi) is 3.99. The van der Waals surface area contributed by atoms with E-state index in [2.05, 4.69) is 25.0 Å². The summed E-state index contributed by atoms with van der Waals surface area (Å²) in [7, 11) is -3.66. The number of nitrogens with zero attached hydrogens (tertiary/aromatic N) is 3. The van der Waals surface area contributed by atoms with Gasteiger partial charge in [0.1, 0.15) is 0 Å². The first-order valence-electron chi connectivity index (χ1n) is 9.25. The van der Waals surface area contributed by atoms with Gasteiger partial charge < -0.3 is 15.5 Å².